The van der Waals surface area contributed by atoms with Gasteiger partial charge in [-0.1, -0.05) is 19.0 Å². The number of hydrogen-bond acceptors (Lipinski definition) is 7. The minimum absolute atomic E-state index is 0.244. The monoisotopic (exact) mass is 345 g/mol. The normalized spacial score (nSPS) is 20.0. The predicted molar refractivity (Wildman–Crippen MR) is 96.6 cm³/mol. The fourth-order valence-corrected chi connectivity index (χ4v) is 3.01. The van der Waals surface area contributed by atoms with E-state index in [1.807, 2.05) is 26.0 Å². The van der Waals surface area contributed by atoms with Crippen molar-refractivity contribution in [1.29, 1.82) is 0 Å². The Balaban J connectivity index is 1.63. The van der Waals surface area contributed by atoms with Crippen molar-refractivity contribution in [2.75, 3.05) is 31.6 Å². The van der Waals surface area contributed by atoms with Gasteiger partial charge in [-0.15, -0.1) is 0 Å². The van der Waals surface area contributed by atoms with Gasteiger partial charge in [0, 0.05) is 42.9 Å². The van der Waals surface area contributed by atoms with Crippen LogP contribution >= 0.6 is 0 Å². The average Bonchev–Trinajstić information content (AvgIpc) is 3.11. The van der Waals surface area contributed by atoms with Crippen LogP contribution in [0.5, 0.6) is 0 Å². The lowest BCUT2D eigenvalue weighted by atomic mass is 10.2. The quantitative estimate of drug-likeness (QED) is 0.862. The SMILES string of the molecule is CC(C)c1noc(-c2ccnc(NCC(C)N3CCOCC3C)c2)n1. The van der Waals surface area contributed by atoms with Gasteiger partial charge in [-0.2, -0.15) is 4.98 Å². The molecule has 2 atom stereocenters. The van der Waals surface area contributed by atoms with Crippen LogP contribution in [-0.2, 0) is 4.74 Å². The molecule has 1 aliphatic rings. The first-order valence-electron chi connectivity index (χ1n) is 8.92. The summed E-state index contributed by atoms with van der Waals surface area (Å²) in [5.41, 5.74) is 0.879. The van der Waals surface area contributed by atoms with Gasteiger partial charge in [0.05, 0.1) is 13.2 Å². The lowest BCUT2D eigenvalue weighted by Crippen LogP contribution is -2.50. The van der Waals surface area contributed by atoms with E-state index in [0.717, 1.165) is 43.5 Å². The molecule has 1 saturated heterocycles. The Labute approximate surface area is 148 Å². The summed E-state index contributed by atoms with van der Waals surface area (Å²) >= 11 is 0. The molecule has 7 heteroatoms. The van der Waals surface area contributed by atoms with Crippen molar-refractivity contribution >= 4 is 5.82 Å². The minimum atomic E-state index is 0.244. The zero-order chi connectivity index (χ0) is 17.8. The summed E-state index contributed by atoms with van der Waals surface area (Å²) in [5.74, 6) is 2.31. The molecule has 2 unspecified atom stereocenters. The number of pyridine rings is 1. The van der Waals surface area contributed by atoms with E-state index in [0.29, 0.717) is 18.0 Å². The first-order chi connectivity index (χ1) is 12.0. The maximum atomic E-state index is 5.51. The van der Waals surface area contributed by atoms with Crippen LogP contribution in [0.2, 0.25) is 0 Å². The zero-order valence-corrected chi connectivity index (χ0v) is 15.4. The third kappa shape index (κ3) is 4.35. The lowest BCUT2D eigenvalue weighted by Gasteiger charge is -2.37. The van der Waals surface area contributed by atoms with E-state index in [-0.39, 0.29) is 5.92 Å². The average molecular weight is 345 g/mol. The van der Waals surface area contributed by atoms with Crippen LogP contribution in [0.15, 0.2) is 22.9 Å². The second kappa shape index (κ2) is 7.93. The van der Waals surface area contributed by atoms with E-state index in [4.69, 9.17) is 9.26 Å². The molecule has 0 aromatic carbocycles. The van der Waals surface area contributed by atoms with Gasteiger partial charge >= 0.3 is 0 Å². The molecule has 0 bridgehead atoms. The number of ether oxygens (including phenoxy) is 1. The van der Waals surface area contributed by atoms with Crippen molar-refractivity contribution in [3.63, 3.8) is 0 Å². The van der Waals surface area contributed by atoms with Crippen molar-refractivity contribution in [3.05, 3.63) is 24.2 Å². The highest BCUT2D eigenvalue weighted by Gasteiger charge is 2.23. The summed E-state index contributed by atoms with van der Waals surface area (Å²) in [6.45, 7) is 11.9. The number of rotatable bonds is 6. The first-order valence-corrected chi connectivity index (χ1v) is 8.92. The summed E-state index contributed by atoms with van der Waals surface area (Å²) < 4.78 is 10.9. The Morgan fingerprint density at radius 1 is 1.36 bits per heavy atom. The van der Waals surface area contributed by atoms with Crippen LogP contribution < -0.4 is 5.32 Å². The number of aromatic nitrogens is 3. The second-order valence-corrected chi connectivity index (χ2v) is 6.93. The smallest absolute Gasteiger partial charge is 0.258 e. The molecule has 136 valence electrons. The molecule has 2 aromatic rings. The van der Waals surface area contributed by atoms with E-state index in [1.165, 1.54) is 0 Å². The Morgan fingerprint density at radius 3 is 2.92 bits per heavy atom. The van der Waals surface area contributed by atoms with E-state index < -0.39 is 0 Å². The van der Waals surface area contributed by atoms with Gasteiger partial charge in [0.1, 0.15) is 5.82 Å². The summed E-state index contributed by atoms with van der Waals surface area (Å²) in [4.78, 5) is 11.3. The van der Waals surface area contributed by atoms with E-state index >= 15 is 0 Å². The van der Waals surface area contributed by atoms with Crippen LogP contribution in [0.4, 0.5) is 5.82 Å². The maximum Gasteiger partial charge on any atom is 0.258 e. The Bertz CT molecular complexity index is 688. The molecule has 0 radical (unpaired) electrons. The van der Waals surface area contributed by atoms with E-state index in [2.05, 4.69) is 39.2 Å². The van der Waals surface area contributed by atoms with E-state index in [1.54, 1.807) is 6.20 Å². The standard InChI is InChI=1S/C18H27N5O2/c1-12(2)17-21-18(25-22-17)15-5-6-19-16(9-15)20-10-13(3)23-7-8-24-11-14(23)4/h5-6,9,12-14H,7-8,10-11H2,1-4H3,(H,19,20). The largest absolute Gasteiger partial charge is 0.379 e. The first kappa shape index (κ1) is 17.8. The van der Waals surface area contributed by atoms with Crippen molar-refractivity contribution in [2.45, 2.75) is 45.7 Å². The molecule has 7 nitrogen and oxygen atoms in total. The number of anilines is 1. The van der Waals surface area contributed by atoms with Crippen LogP contribution in [-0.4, -0.2) is 58.4 Å². The number of hydrogen-bond donors (Lipinski definition) is 1. The molecule has 3 heterocycles. The highest BCUT2D eigenvalue weighted by atomic mass is 16.5. The molecule has 2 aromatic heterocycles. The molecular formula is C18H27N5O2. The molecule has 0 saturated carbocycles. The lowest BCUT2D eigenvalue weighted by molar-refractivity contribution is -0.0159. The predicted octanol–water partition coefficient (Wildman–Crippen LogP) is 2.78. The van der Waals surface area contributed by atoms with Gasteiger partial charge in [0.2, 0.25) is 0 Å². The molecule has 3 rings (SSSR count). The minimum Gasteiger partial charge on any atom is -0.379 e. The topological polar surface area (TPSA) is 76.3 Å². The summed E-state index contributed by atoms with van der Waals surface area (Å²) in [6.07, 6.45) is 1.76. The van der Waals surface area contributed by atoms with Gasteiger partial charge in [0.25, 0.3) is 5.89 Å². The third-order valence-corrected chi connectivity index (χ3v) is 4.53. The summed E-state index contributed by atoms with van der Waals surface area (Å²) in [7, 11) is 0. The second-order valence-electron chi connectivity index (χ2n) is 6.93. The molecule has 1 aliphatic heterocycles. The Hall–Kier alpha value is -1.99. The van der Waals surface area contributed by atoms with Crippen molar-refractivity contribution in [1.82, 2.24) is 20.0 Å². The van der Waals surface area contributed by atoms with Crippen LogP contribution in [0, 0.1) is 0 Å². The van der Waals surface area contributed by atoms with Crippen LogP contribution in [0.25, 0.3) is 11.5 Å². The van der Waals surface area contributed by atoms with Gasteiger partial charge in [0.15, 0.2) is 5.82 Å². The molecule has 25 heavy (non-hydrogen) atoms. The van der Waals surface area contributed by atoms with Gasteiger partial charge < -0.3 is 14.6 Å². The van der Waals surface area contributed by atoms with Crippen LogP contribution in [0.3, 0.4) is 0 Å². The van der Waals surface area contributed by atoms with E-state index in [9.17, 15) is 0 Å². The maximum absolute atomic E-state index is 5.51. The number of nitrogens with zero attached hydrogens (tertiary/aromatic N) is 4. The van der Waals surface area contributed by atoms with Gasteiger partial charge in [-0.05, 0) is 26.0 Å². The molecule has 0 amide bonds. The highest BCUT2D eigenvalue weighted by Crippen LogP contribution is 2.21. The zero-order valence-electron chi connectivity index (χ0n) is 15.4. The molecule has 0 aliphatic carbocycles. The number of nitrogens with one attached hydrogen (secondary N) is 1. The van der Waals surface area contributed by atoms with Gasteiger partial charge in [-0.3, -0.25) is 4.90 Å². The highest BCUT2D eigenvalue weighted by molar-refractivity contribution is 5.57. The fraction of sp³-hybridized carbons (Fsp3) is 0.611. The number of morpholine rings is 1. The molecule has 0 spiro atoms. The van der Waals surface area contributed by atoms with Crippen LogP contribution in [0.1, 0.15) is 39.4 Å². The third-order valence-electron chi connectivity index (χ3n) is 4.53. The van der Waals surface area contributed by atoms with Crippen molar-refractivity contribution in [2.24, 2.45) is 0 Å². The molecule has 1 fully saturated rings. The van der Waals surface area contributed by atoms with Gasteiger partial charge in [-0.25, -0.2) is 4.98 Å². The molecular weight excluding hydrogens is 318 g/mol. The van der Waals surface area contributed by atoms with Crippen molar-refractivity contribution in [3.8, 4) is 11.5 Å². The Kier molecular flexibility index (Phi) is 5.65. The summed E-state index contributed by atoms with van der Waals surface area (Å²) in [5, 5.41) is 7.44. The summed E-state index contributed by atoms with van der Waals surface area (Å²) in [6, 6.07) is 4.68. The molecule has 1 N–H and O–H groups in total. The van der Waals surface area contributed by atoms with Crippen molar-refractivity contribution < 1.29 is 9.26 Å². The fourth-order valence-electron chi connectivity index (χ4n) is 3.01. The Morgan fingerprint density at radius 2 is 2.20 bits per heavy atom.